The van der Waals surface area contributed by atoms with Crippen molar-refractivity contribution in [3.8, 4) is 0 Å². The zero-order chi connectivity index (χ0) is 39.4. The largest absolute Gasteiger partial charge is 0.466 e. The molecule has 6 heteroatoms. The number of carbonyl (C=O) groups excluding carboxylic acids is 2. The maximum Gasteiger partial charge on any atom is 0.305 e. The van der Waals surface area contributed by atoms with Crippen LogP contribution in [0.25, 0.3) is 0 Å². The third kappa shape index (κ3) is 39.3. The first-order valence-electron chi connectivity index (χ1n) is 22.6. The van der Waals surface area contributed by atoms with Gasteiger partial charge in [-0.3, -0.25) is 9.59 Å². The Balaban J connectivity index is 3.62. The summed E-state index contributed by atoms with van der Waals surface area (Å²) in [5.41, 5.74) is 0. The van der Waals surface area contributed by atoms with Crippen LogP contribution in [0.5, 0.6) is 0 Å². The second kappa shape index (κ2) is 43.3. The van der Waals surface area contributed by atoms with Crippen LogP contribution in [0.1, 0.15) is 206 Å². The van der Waals surface area contributed by atoms with E-state index in [4.69, 9.17) is 4.74 Å². The third-order valence-electron chi connectivity index (χ3n) is 9.75. The van der Waals surface area contributed by atoms with E-state index in [1.54, 1.807) is 6.08 Å². The Labute approximate surface area is 333 Å². The molecule has 312 valence electrons. The van der Waals surface area contributed by atoms with Crippen molar-refractivity contribution < 1.29 is 24.5 Å². The average Bonchev–Trinajstić information content (AvgIpc) is 3.17. The highest BCUT2D eigenvalue weighted by atomic mass is 16.5. The summed E-state index contributed by atoms with van der Waals surface area (Å²) in [7, 11) is 0. The van der Waals surface area contributed by atoms with Crippen molar-refractivity contribution in [1.29, 1.82) is 0 Å². The molecule has 1 amide bonds. The third-order valence-corrected chi connectivity index (χ3v) is 9.75. The highest BCUT2D eigenvalue weighted by molar-refractivity contribution is 5.76. The molecular weight excluding hydrogens is 671 g/mol. The summed E-state index contributed by atoms with van der Waals surface area (Å²) in [5.74, 6) is -0.189. The van der Waals surface area contributed by atoms with Crippen LogP contribution < -0.4 is 5.32 Å². The van der Waals surface area contributed by atoms with E-state index in [1.807, 2.05) is 12.2 Å². The van der Waals surface area contributed by atoms with Crippen molar-refractivity contribution >= 4 is 11.9 Å². The molecule has 0 aromatic heterocycles. The zero-order valence-electron chi connectivity index (χ0n) is 35.2. The van der Waals surface area contributed by atoms with Crippen LogP contribution in [-0.4, -0.2) is 47.4 Å². The fourth-order valence-corrected chi connectivity index (χ4v) is 6.25. The Hall–Kier alpha value is -2.44. The molecule has 2 atom stereocenters. The van der Waals surface area contributed by atoms with E-state index in [1.165, 1.54) is 109 Å². The fourth-order valence-electron chi connectivity index (χ4n) is 6.25. The van der Waals surface area contributed by atoms with E-state index in [2.05, 4.69) is 61.7 Å². The van der Waals surface area contributed by atoms with Gasteiger partial charge in [-0.2, -0.15) is 0 Å². The molecule has 0 heterocycles. The van der Waals surface area contributed by atoms with Crippen molar-refractivity contribution in [3.63, 3.8) is 0 Å². The van der Waals surface area contributed by atoms with Crippen molar-refractivity contribution in [1.82, 2.24) is 5.32 Å². The smallest absolute Gasteiger partial charge is 0.305 e. The number of aliphatic hydroxyl groups excluding tert-OH is 2. The molecule has 0 rings (SSSR count). The van der Waals surface area contributed by atoms with Crippen molar-refractivity contribution in [2.45, 2.75) is 219 Å². The molecule has 2 unspecified atom stereocenters. The van der Waals surface area contributed by atoms with Gasteiger partial charge in [0.05, 0.1) is 25.4 Å². The van der Waals surface area contributed by atoms with Gasteiger partial charge in [0.15, 0.2) is 0 Å². The SMILES string of the molecule is CCC/C=C\C/C=C\CCCCCCCC(=O)OCCCCCCCC/C=C\C/C=C\CCC(=O)NC(CO)C(O)/C=C/CCCCCCCCCCC. The Kier molecular flexibility index (Phi) is 41.3. The van der Waals surface area contributed by atoms with E-state index in [9.17, 15) is 19.8 Å². The minimum Gasteiger partial charge on any atom is -0.466 e. The van der Waals surface area contributed by atoms with Crippen LogP contribution in [0.2, 0.25) is 0 Å². The Morgan fingerprint density at radius 3 is 1.52 bits per heavy atom. The molecule has 0 fully saturated rings. The number of esters is 1. The minimum atomic E-state index is -0.879. The van der Waals surface area contributed by atoms with Gasteiger partial charge >= 0.3 is 5.97 Å². The molecule has 0 aromatic rings. The molecule has 0 saturated heterocycles. The van der Waals surface area contributed by atoms with Gasteiger partial charge in [0.2, 0.25) is 5.91 Å². The number of nitrogens with one attached hydrogen (secondary N) is 1. The van der Waals surface area contributed by atoms with Gasteiger partial charge in [0.1, 0.15) is 0 Å². The van der Waals surface area contributed by atoms with Gasteiger partial charge in [-0.1, -0.05) is 177 Å². The number of rotatable bonds is 40. The summed E-state index contributed by atoms with van der Waals surface area (Å²) in [4.78, 5) is 24.3. The Morgan fingerprint density at radius 1 is 0.519 bits per heavy atom. The van der Waals surface area contributed by atoms with E-state index < -0.39 is 12.1 Å². The molecule has 0 spiro atoms. The van der Waals surface area contributed by atoms with Gasteiger partial charge in [0, 0.05) is 12.8 Å². The quantitative estimate of drug-likeness (QED) is 0.0329. The van der Waals surface area contributed by atoms with E-state index in [-0.39, 0.29) is 18.5 Å². The van der Waals surface area contributed by atoms with Crippen LogP contribution in [0, 0.1) is 0 Å². The van der Waals surface area contributed by atoms with E-state index in [0.29, 0.717) is 25.9 Å². The van der Waals surface area contributed by atoms with Crippen molar-refractivity contribution in [2.24, 2.45) is 0 Å². The van der Waals surface area contributed by atoms with Crippen LogP contribution in [0.3, 0.4) is 0 Å². The molecular formula is C48H85NO5. The van der Waals surface area contributed by atoms with Crippen LogP contribution in [0.15, 0.2) is 60.8 Å². The van der Waals surface area contributed by atoms with Gasteiger partial charge < -0.3 is 20.3 Å². The van der Waals surface area contributed by atoms with Gasteiger partial charge in [0.25, 0.3) is 0 Å². The minimum absolute atomic E-state index is 0.0358. The molecule has 54 heavy (non-hydrogen) atoms. The molecule has 0 aliphatic heterocycles. The number of aliphatic hydroxyl groups is 2. The fraction of sp³-hybridized carbons (Fsp3) is 0.750. The maximum absolute atomic E-state index is 12.3. The zero-order valence-corrected chi connectivity index (χ0v) is 35.2. The predicted octanol–water partition coefficient (Wildman–Crippen LogP) is 12.9. The number of carbonyl (C=O) groups is 2. The normalized spacial score (nSPS) is 13.3. The van der Waals surface area contributed by atoms with Crippen molar-refractivity contribution in [2.75, 3.05) is 13.2 Å². The highest BCUT2D eigenvalue weighted by Gasteiger charge is 2.17. The number of amides is 1. The summed E-state index contributed by atoms with van der Waals surface area (Å²) in [5, 5.41) is 22.8. The molecule has 6 nitrogen and oxygen atoms in total. The second-order valence-corrected chi connectivity index (χ2v) is 15.0. The summed E-state index contributed by atoms with van der Waals surface area (Å²) < 4.78 is 5.42. The second-order valence-electron chi connectivity index (χ2n) is 15.0. The van der Waals surface area contributed by atoms with E-state index >= 15 is 0 Å². The van der Waals surface area contributed by atoms with Crippen LogP contribution in [-0.2, 0) is 14.3 Å². The summed E-state index contributed by atoms with van der Waals surface area (Å²) in [6.07, 6.45) is 53.6. The Morgan fingerprint density at radius 2 is 0.981 bits per heavy atom. The van der Waals surface area contributed by atoms with Crippen molar-refractivity contribution in [3.05, 3.63) is 60.8 Å². The lowest BCUT2D eigenvalue weighted by atomic mass is 10.1. The predicted molar refractivity (Wildman–Crippen MR) is 232 cm³/mol. The Bertz CT molecular complexity index is 968. The highest BCUT2D eigenvalue weighted by Crippen LogP contribution is 2.12. The molecule has 0 aromatic carbocycles. The van der Waals surface area contributed by atoms with E-state index in [0.717, 1.165) is 64.2 Å². The number of allylic oxidation sites excluding steroid dienone is 9. The first kappa shape index (κ1) is 51.6. The average molecular weight is 756 g/mol. The summed E-state index contributed by atoms with van der Waals surface area (Å²) in [6, 6.07) is -0.672. The van der Waals surface area contributed by atoms with Gasteiger partial charge in [-0.05, 0) is 77.0 Å². The lowest BCUT2D eigenvalue weighted by molar-refractivity contribution is -0.143. The first-order valence-corrected chi connectivity index (χ1v) is 22.6. The number of hydrogen-bond acceptors (Lipinski definition) is 5. The summed E-state index contributed by atoms with van der Waals surface area (Å²) in [6.45, 7) is 4.72. The maximum atomic E-state index is 12.3. The topological polar surface area (TPSA) is 95.9 Å². The molecule has 3 N–H and O–H groups in total. The standard InChI is InChI=1S/C48H85NO5/c1-3-5-7-9-11-13-15-17-22-26-30-34-38-42-48(53)54-43-39-35-31-27-23-19-16-18-21-25-29-33-37-41-47(52)49-45(44-50)46(51)40-36-32-28-24-20-14-12-10-8-6-4-2/h7,9,13,15,18,21,29,33,36,40,45-46,50-51H,3-6,8,10-12,14,16-17,19-20,22-28,30-32,34-35,37-39,41-44H2,1-2H3,(H,49,52)/b9-7-,15-13-,21-18-,33-29-,40-36+. The number of hydrogen-bond donors (Lipinski definition) is 3. The molecule has 0 aliphatic carbocycles. The molecule has 0 bridgehead atoms. The number of ether oxygens (including phenoxy) is 1. The lowest BCUT2D eigenvalue weighted by Gasteiger charge is -2.19. The number of unbranched alkanes of at least 4 members (excludes halogenated alkanes) is 21. The summed E-state index contributed by atoms with van der Waals surface area (Å²) >= 11 is 0. The van der Waals surface area contributed by atoms with Crippen LogP contribution in [0.4, 0.5) is 0 Å². The molecule has 0 saturated carbocycles. The van der Waals surface area contributed by atoms with Gasteiger partial charge in [-0.25, -0.2) is 0 Å². The van der Waals surface area contributed by atoms with Gasteiger partial charge in [-0.15, -0.1) is 0 Å². The molecule has 0 aliphatic rings. The lowest BCUT2D eigenvalue weighted by Crippen LogP contribution is -2.45. The van der Waals surface area contributed by atoms with Crippen LogP contribution >= 0.6 is 0 Å². The monoisotopic (exact) mass is 756 g/mol. The first-order chi connectivity index (χ1) is 26.5. The molecule has 0 radical (unpaired) electrons.